The molecule has 3 rings (SSSR count). The van der Waals surface area contributed by atoms with Crippen LogP contribution in [0.15, 0.2) is 24.3 Å². The second kappa shape index (κ2) is 5.72. The molecule has 1 aromatic rings. The highest BCUT2D eigenvalue weighted by Crippen LogP contribution is 2.37. The molecule has 5 nitrogen and oxygen atoms in total. The zero-order valence-corrected chi connectivity index (χ0v) is 13.2. The van der Waals surface area contributed by atoms with Crippen LogP contribution in [0.25, 0.3) is 0 Å². The molecule has 0 aromatic heterocycles. The second-order valence-electron chi connectivity index (χ2n) is 6.66. The maximum Gasteiger partial charge on any atom is 0.253 e. The fourth-order valence-corrected chi connectivity index (χ4v) is 3.70. The van der Waals surface area contributed by atoms with Gasteiger partial charge in [-0.1, -0.05) is 6.07 Å². The van der Waals surface area contributed by atoms with Crippen LogP contribution in [0.2, 0.25) is 0 Å². The van der Waals surface area contributed by atoms with E-state index in [2.05, 4.69) is 0 Å². The van der Waals surface area contributed by atoms with Crippen molar-refractivity contribution in [2.75, 3.05) is 27.2 Å². The predicted molar refractivity (Wildman–Crippen MR) is 84.6 cm³/mol. The van der Waals surface area contributed by atoms with Crippen molar-refractivity contribution in [2.45, 2.75) is 18.9 Å². The van der Waals surface area contributed by atoms with Gasteiger partial charge in [0.05, 0.1) is 0 Å². The first kappa shape index (κ1) is 15.0. The predicted octanol–water partition coefficient (Wildman–Crippen LogP) is 1.20. The van der Waals surface area contributed by atoms with Crippen LogP contribution >= 0.6 is 0 Å². The number of hydrogen-bond acceptors (Lipinski definition) is 3. The topological polar surface area (TPSA) is 66.6 Å². The summed E-state index contributed by atoms with van der Waals surface area (Å²) in [4.78, 5) is 28.1. The third-order valence-electron chi connectivity index (χ3n) is 4.96. The van der Waals surface area contributed by atoms with E-state index in [9.17, 15) is 9.59 Å². The molecule has 0 radical (unpaired) electrons. The molecular formula is C17H23N3O2. The number of amides is 2. The Morgan fingerprint density at radius 1 is 1.18 bits per heavy atom. The van der Waals surface area contributed by atoms with E-state index in [4.69, 9.17) is 5.73 Å². The minimum Gasteiger partial charge on any atom is -0.345 e. The Kier molecular flexibility index (Phi) is 3.91. The normalized spacial score (nSPS) is 26.9. The molecule has 5 heteroatoms. The molecule has 1 aromatic carbocycles. The van der Waals surface area contributed by atoms with E-state index in [0.29, 0.717) is 23.0 Å². The summed E-state index contributed by atoms with van der Waals surface area (Å²) >= 11 is 0. The third-order valence-corrected chi connectivity index (χ3v) is 4.96. The minimum atomic E-state index is -0.0880. The van der Waals surface area contributed by atoms with Crippen molar-refractivity contribution in [3.8, 4) is 0 Å². The van der Waals surface area contributed by atoms with E-state index in [1.54, 1.807) is 38.4 Å². The van der Waals surface area contributed by atoms with Crippen LogP contribution in [0.5, 0.6) is 0 Å². The lowest BCUT2D eigenvalue weighted by Crippen LogP contribution is -2.33. The molecule has 1 heterocycles. The quantitative estimate of drug-likeness (QED) is 0.892. The van der Waals surface area contributed by atoms with Gasteiger partial charge >= 0.3 is 0 Å². The number of benzene rings is 1. The van der Waals surface area contributed by atoms with Gasteiger partial charge in [0.2, 0.25) is 0 Å². The van der Waals surface area contributed by atoms with Gasteiger partial charge in [0.15, 0.2) is 0 Å². The van der Waals surface area contributed by atoms with Crippen LogP contribution in [0.3, 0.4) is 0 Å². The summed E-state index contributed by atoms with van der Waals surface area (Å²) in [6.45, 7) is 1.54. The van der Waals surface area contributed by atoms with E-state index in [1.165, 1.54) is 4.90 Å². The maximum absolute atomic E-state index is 12.7. The molecule has 2 aliphatic rings. The molecule has 22 heavy (non-hydrogen) atoms. The fraction of sp³-hybridized carbons (Fsp3) is 0.529. The van der Waals surface area contributed by atoms with Gasteiger partial charge < -0.3 is 15.5 Å². The van der Waals surface area contributed by atoms with Gasteiger partial charge in [0, 0.05) is 44.4 Å². The molecule has 1 saturated carbocycles. The Labute approximate surface area is 131 Å². The van der Waals surface area contributed by atoms with Crippen LogP contribution in [-0.4, -0.2) is 54.8 Å². The zero-order valence-electron chi connectivity index (χ0n) is 13.2. The fourth-order valence-electron chi connectivity index (χ4n) is 3.70. The average Bonchev–Trinajstić information content (AvgIpc) is 3.08. The number of nitrogens with two attached hydrogens (primary N) is 1. The van der Waals surface area contributed by atoms with Gasteiger partial charge in [-0.2, -0.15) is 0 Å². The van der Waals surface area contributed by atoms with Crippen LogP contribution in [0.4, 0.5) is 0 Å². The van der Waals surface area contributed by atoms with Gasteiger partial charge in [-0.3, -0.25) is 9.59 Å². The van der Waals surface area contributed by atoms with Crippen molar-refractivity contribution in [2.24, 2.45) is 17.6 Å². The third kappa shape index (κ3) is 2.61. The van der Waals surface area contributed by atoms with Gasteiger partial charge in [0.25, 0.3) is 11.8 Å². The van der Waals surface area contributed by atoms with E-state index < -0.39 is 0 Å². The van der Waals surface area contributed by atoms with Gasteiger partial charge in [-0.05, 0) is 42.9 Å². The molecule has 0 bridgehead atoms. The first-order valence-electron chi connectivity index (χ1n) is 7.84. The van der Waals surface area contributed by atoms with Crippen molar-refractivity contribution in [3.05, 3.63) is 35.4 Å². The molecule has 1 aliphatic heterocycles. The molecule has 0 spiro atoms. The number of carbonyl (C=O) groups excluding carboxylic acids is 2. The molecular weight excluding hydrogens is 278 g/mol. The number of rotatable bonds is 2. The minimum absolute atomic E-state index is 0.00926. The summed E-state index contributed by atoms with van der Waals surface area (Å²) in [6, 6.07) is 7.21. The number of nitrogens with zero attached hydrogens (tertiary/aromatic N) is 2. The molecule has 1 saturated heterocycles. The Balaban J connectivity index is 1.76. The lowest BCUT2D eigenvalue weighted by molar-refractivity contribution is 0.0779. The highest BCUT2D eigenvalue weighted by Gasteiger charge is 2.42. The summed E-state index contributed by atoms with van der Waals surface area (Å²) in [5.74, 6) is 0.908. The van der Waals surface area contributed by atoms with E-state index in [0.717, 1.165) is 25.9 Å². The van der Waals surface area contributed by atoms with Crippen LogP contribution in [0.1, 0.15) is 33.6 Å². The van der Waals surface area contributed by atoms with Crippen molar-refractivity contribution in [3.63, 3.8) is 0 Å². The molecule has 2 N–H and O–H groups in total. The summed E-state index contributed by atoms with van der Waals surface area (Å²) in [5.41, 5.74) is 7.26. The highest BCUT2D eigenvalue weighted by atomic mass is 16.2. The molecule has 3 unspecified atom stereocenters. The van der Waals surface area contributed by atoms with E-state index in [-0.39, 0.29) is 17.9 Å². The largest absolute Gasteiger partial charge is 0.345 e. The lowest BCUT2D eigenvalue weighted by atomic mass is 9.98. The first-order chi connectivity index (χ1) is 10.5. The molecule has 2 fully saturated rings. The SMILES string of the molecule is CN(C)C(=O)c1cccc(C(=O)N2CC3CCC(N)C3C2)c1. The summed E-state index contributed by atoms with van der Waals surface area (Å²) < 4.78 is 0. The average molecular weight is 301 g/mol. The zero-order chi connectivity index (χ0) is 15.9. The smallest absolute Gasteiger partial charge is 0.253 e. The van der Waals surface area contributed by atoms with E-state index in [1.807, 2.05) is 4.90 Å². The highest BCUT2D eigenvalue weighted by molar-refractivity contribution is 5.99. The van der Waals surface area contributed by atoms with Crippen molar-refractivity contribution in [1.82, 2.24) is 9.80 Å². The number of hydrogen-bond donors (Lipinski definition) is 1. The Morgan fingerprint density at radius 3 is 2.59 bits per heavy atom. The van der Waals surface area contributed by atoms with Crippen LogP contribution in [0, 0.1) is 11.8 Å². The number of fused-ring (bicyclic) bond motifs is 1. The molecule has 2 amide bonds. The second-order valence-corrected chi connectivity index (χ2v) is 6.66. The molecule has 118 valence electrons. The first-order valence-corrected chi connectivity index (χ1v) is 7.84. The Hall–Kier alpha value is -1.88. The lowest BCUT2D eigenvalue weighted by Gasteiger charge is -2.19. The molecule has 1 aliphatic carbocycles. The van der Waals surface area contributed by atoms with Gasteiger partial charge in [-0.25, -0.2) is 0 Å². The van der Waals surface area contributed by atoms with Crippen molar-refractivity contribution < 1.29 is 9.59 Å². The Bertz CT molecular complexity index is 599. The van der Waals surface area contributed by atoms with Gasteiger partial charge in [-0.15, -0.1) is 0 Å². The van der Waals surface area contributed by atoms with E-state index >= 15 is 0 Å². The summed E-state index contributed by atoms with van der Waals surface area (Å²) in [7, 11) is 3.42. The molecule has 3 atom stereocenters. The number of likely N-dealkylation sites (tertiary alicyclic amines) is 1. The standard InChI is InChI=1S/C17H23N3O2/c1-19(2)16(21)11-4-3-5-12(8-11)17(22)20-9-13-6-7-15(18)14(13)10-20/h3-5,8,13-15H,6-7,9-10,18H2,1-2H3. The van der Waals surface area contributed by atoms with Crippen molar-refractivity contribution in [1.29, 1.82) is 0 Å². The summed E-state index contributed by atoms with van der Waals surface area (Å²) in [6.07, 6.45) is 2.19. The Morgan fingerprint density at radius 2 is 1.91 bits per heavy atom. The number of carbonyl (C=O) groups is 2. The van der Waals surface area contributed by atoms with Crippen LogP contribution < -0.4 is 5.73 Å². The monoisotopic (exact) mass is 301 g/mol. The summed E-state index contributed by atoms with van der Waals surface area (Å²) in [5, 5.41) is 0. The van der Waals surface area contributed by atoms with Crippen LogP contribution in [-0.2, 0) is 0 Å². The van der Waals surface area contributed by atoms with Crippen molar-refractivity contribution >= 4 is 11.8 Å². The maximum atomic E-state index is 12.7. The van der Waals surface area contributed by atoms with Gasteiger partial charge in [0.1, 0.15) is 0 Å².